The topological polar surface area (TPSA) is 66.5 Å². The van der Waals surface area contributed by atoms with Gasteiger partial charge in [0.15, 0.2) is 0 Å². The van der Waals surface area contributed by atoms with Gasteiger partial charge in [0.25, 0.3) is 0 Å². The van der Waals surface area contributed by atoms with Crippen LogP contribution in [0.5, 0.6) is 5.75 Å². The minimum Gasteiger partial charge on any atom is -0.508 e. The highest BCUT2D eigenvalue weighted by Gasteiger charge is 2.30. The van der Waals surface area contributed by atoms with Crippen molar-refractivity contribution in [3.63, 3.8) is 0 Å². The highest BCUT2D eigenvalue weighted by atomic mass is 16.3. The van der Waals surface area contributed by atoms with Crippen molar-refractivity contribution in [1.29, 1.82) is 0 Å². The number of benzene rings is 1. The molecule has 0 bridgehead atoms. The van der Waals surface area contributed by atoms with E-state index in [0.29, 0.717) is 12.0 Å². The van der Waals surface area contributed by atoms with E-state index in [1.165, 1.54) is 0 Å². The fourth-order valence-electron chi connectivity index (χ4n) is 1.70. The van der Waals surface area contributed by atoms with Gasteiger partial charge in [0, 0.05) is 11.6 Å². The van der Waals surface area contributed by atoms with Gasteiger partial charge in [-0.25, -0.2) is 0 Å². The Morgan fingerprint density at radius 2 is 2.17 bits per heavy atom. The largest absolute Gasteiger partial charge is 0.508 e. The van der Waals surface area contributed by atoms with E-state index in [4.69, 9.17) is 5.73 Å². The van der Waals surface area contributed by atoms with Crippen molar-refractivity contribution in [3.05, 3.63) is 29.3 Å². The molecule has 0 aromatic heterocycles. The SMILES string of the molecule is N[C@H]1Cc2cccc(O)c2[C@H]1O. The van der Waals surface area contributed by atoms with Gasteiger partial charge in [-0.15, -0.1) is 0 Å². The third-order valence-electron chi connectivity index (χ3n) is 2.33. The van der Waals surface area contributed by atoms with Crippen LogP contribution in [0.15, 0.2) is 18.2 Å². The summed E-state index contributed by atoms with van der Waals surface area (Å²) in [7, 11) is 0. The van der Waals surface area contributed by atoms with E-state index in [2.05, 4.69) is 0 Å². The van der Waals surface area contributed by atoms with E-state index in [1.807, 2.05) is 6.07 Å². The number of nitrogens with two attached hydrogens (primary N) is 1. The van der Waals surface area contributed by atoms with Crippen LogP contribution in [0.4, 0.5) is 0 Å². The number of aliphatic hydroxyl groups is 1. The van der Waals surface area contributed by atoms with Gasteiger partial charge in [-0.05, 0) is 18.1 Å². The van der Waals surface area contributed by atoms with Crippen LogP contribution in [0.25, 0.3) is 0 Å². The predicted octanol–water partition coefficient (Wildman–Crippen LogP) is 0.309. The standard InChI is InChI=1S/C9H11NO2/c10-6-4-5-2-1-3-7(11)8(5)9(6)12/h1-3,6,9,11-12H,4,10H2/t6-,9-/m0/s1. The highest BCUT2D eigenvalue weighted by Crippen LogP contribution is 2.36. The van der Waals surface area contributed by atoms with Crippen molar-refractivity contribution < 1.29 is 10.2 Å². The molecule has 0 heterocycles. The second-order valence-electron chi connectivity index (χ2n) is 3.16. The molecule has 2 rings (SSSR count). The Labute approximate surface area is 70.4 Å². The molecular weight excluding hydrogens is 154 g/mol. The van der Waals surface area contributed by atoms with Gasteiger partial charge >= 0.3 is 0 Å². The molecule has 0 saturated carbocycles. The molecule has 64 valence electrons. The van der Waals surface area contributed by atoms with Crippen molar-refractivity contribution >= 4 is 0 Å². The Balaban J connectivity index is 2.55. The van der Waals surface area contributed by atoms with Crippen LogP contribution in [0.3, 0.4) is 0 Å². The van der Waals surface area contributed by atoms with Crippen LogP contribution in [0.1, 0.15) is 17.2 Å². The normalized spacial score (nSPS) is 27.2. The van der Waals surface area contributed by atoms with E-state index < -0.39 is 6.10 Å². The van der Waals surface area contributed by atoms with Gasteiger partial charge in [-0.1, -0.05) is 12.1 Å². The fraction of sp³-hybridized carbons (Fsp3) is 0.333. The lowest BCUT2D eigenvalue weighted by molar-refractivity contribution is 0.156. The molecule has 4 N–H and O–H groups in total. The molecule has 3 nitrogen and oxygen atoms in total. The first-order chi connectivity index (χ1) is 5.70. The van der Waals surface area contributed by atoms with Crippen molar-refractivity contribution in [2.24, 2.45) is 5.73 Å². The van der Waals surface area contributed by atoms with Crippen molar-refractivity contribution in [2.45, 2.75) is 18.6 Å². The summed E-state index contributed by atoms with van der Waals surface area (Å²) >= 11 is 0. The van der Waals surface area contributed by atoms with E-state index in [1.54, 1.807) is 12.1 Å². The molecule has 0 fully saturated rings. The number of aromatic hydroxyl groups is 1. The zero-order chi connectivity index (χ0) is 8.72. The number of phenols is 1. The van der Waals surface area contributed by atoms with Gasteiger partial charge in [0.2, 0.25) is 0 Å². The van der Waals surface area contributed by atoms with E-state index >= 15 is 0 Å². The van der Waals surface area contributed by atoms with Crippen molar-refractivity contribution in [1.82, 2.24) is 0 Å². The maximum absolute atomic E-state index is 9.55. The highest BCUT2D eigenvalue weighted by molar-refractivity contribution is 5.45. The summed E-state index contributed by atoms with van der Waals surface area (Å²) in [5.41, 5.74) is 7.19. The third kappa shape index (κ3) is 0.906. The van der Waals surface area contributed by atoms with Crippen LogP contribution < -0.4 is 5.73 Å². The zero-order valence-electron chi connectivity index (χ0n) is 6.57. The molecule has 0 saturated heterocycles. The lowest BCUT2D eigenvalue weighted by atomic mass is 10.1. The summed E-state index contributed by atoms with van der Waals surface area (Å²) in [4.78, 5) is 0. The molecule has 0 unspecified atom stereocenters. The average Bonchev–Trinajstić information content (AvgIpc) is 2.29. The Morgan fingerprint density at radius 3 is 2.83 bits per heavy atom. The minimum absolute atomic E-state index is 0.146. The Morgan fingerprint density at radius 1 is 1.42 bits per heavy atom. The maximum Gasteiger partial charge on any atom is 0.121 e. The number of rotatable bonds is 0. The molecule has 2 atom stereocenters. The van der Waals surface area contributed by atoms with Crippen LogP contribution in [-0.2, 0) is 6.42 Å². The number of fused-ring (bicyclic) bond motifs is 1. The first-order valence-electron chi connectivity index (χ1n) is 3.94. The Hall–Kier alpha value is -1.06. The first-order valence-corrected chi connectivity index (χ1v) is 3.94. The summed E-state index contributed by atoms with van der Waals surface area (Å²) in [6.07, 6.45) is -0.0635. The van der Waals surface area contributed by atoms with E-state index in [0.717, 1.165) is 5.56 Å². The molecule has 0 amide bonds. The average molecular weight is 165 g/mol. The van der Waals surface area contributed by atoms with Gasteiger partial charge in [0.05, 0.1) is 6.10 Å². The van der Waals surface area contributed by atoms with Gasteiger partial charge in [0.1, 0.15) is 5.75 Å². The van der Waals surface area contributed by atoms with Crippen molar-refractivity contribution in [2.75, 3.05) is 0 Å². The lowest BCUT2D eigenvalue weighted by Crippen LogP contribution is -2.24. The van der Waals surface area contributed by atoms with Crippen LogP contribution in [0.2, 0.25) is 0 Å². The van der Waals surface area contributed by atoms with Gasteiger partial charge < -0.3 is 15.9 Å². The molecule has 12 heavy (non-hydrogen) atoms. The molecule has 0 spiro atoms. The third-order valence-corrected chi connectivity index (χ3v) is 2.33. The number of hydrogen-bond donors (Lipinski definition) is 3. The first kappa shape index (κ1) is 7.58. The summed E-state index contributed by atoms with van der Waals surface area (Å²) in [5, 5.41) is 18.9. The number of aliphatic hydroxyl groups excluding tert-OH is 1. The Bertz CT molecular complexity index is 311. The molecular formula is C9H11NO2. The molecule has 0 radical (unpaired) electrons. The van der Waals surface area contributed by atoms with E-state index in [-0.39, 0.29) is 11.8 Å². The van der Waals surface area contributed by atoms with E-state index in [9.17, 15) is 10.2 Å². The predicted molar refractivity (Wildman–Crippen MR) is 44.7 cm³/mol. The van der Waals surface area contributed by atoms with Crippen LogP contribution in [-0.4, -0.2) is 16.3 Å². The van der Waals surface area contributed by atoms with Gasteiger partial charge in [-0.3, -0.25) is 0 Å². The fourth-order valence-corrected chi connectivity index (χ4v) is 1.70. The van der Waals surface area contributed by atoms with Crippen LogP contribution in [0, 0.1) is 0 Å². The summed E-state index contributed by atoms with van der Waals surface area (Å²) in [6.45, 7) is 0. The molecule has 1 aromatic carbocycles. The summed E-state index contributed by atoms with van der Waals surface area (Å²) in [5.74, 6) is 0.146. The summed E-state index contributed by atoms with van der Waals surface area (Å²) < 4.78 is 0. The molecule has 0 aliphatic heterocycles. The summed E-state index contributed by atoms with van der Waals surface area (Å²) in [6, 6.07) is 4.94. The van der Waals surface area contributed by atoms with Crippen molar-refractivity contribution in [3.8, 4) is 5.75 Å². The zero-order valence-corrected chi connectivity index (χ0v) is 6.57. The number of phenolic OH excluding ortho intramolecular Hbond substituents is 1. The molecule has 1 aliphatic carbocycles. The second kappa shape index (κ2) is 2.47. The molecule has 3 heteroatoms. The monoisotopic (exact) mass is 165 g/mol. The number of hydrogen-bond acceptors (Lipinski definition) is 3. The van der Waals surface area contributed by atoms with Crippen LogP contribution >= 0.6 is 0 Å². The molecule has 1 aliphatic rings. The smallest absolute Gasteiger partial charge is 0.121 e. The minimum atomic E-state index is -0.707. The molecule has 1 aromatic rings. The quantitative estimate of drug-likeness (QED) is 0.518. The lowest BCUT2D eigenvalue weighted by Gasteiger charge is -2.09. The maximum atomic E-state index is 9.55. The second-order valence-corrected chi connectivity index (χ2v) is 3.16. The van der Waals surface area contributed by atoms with Gasteiger partial charge in [-0.2, -0.15) is 0 Å². The Kier molecular flexibility index (Phi) is 1.56.